The molecule has 0 aliphatic carbocycles. The molecule has 1 saturated heterocycles. The standard InChI is InChI=1S/C21H22Cl2N4O2/c22-16-9-15(10-17(23)11-16)20(28)13-25-21(29)26-18-5-7-27(8-6-18)19-3-1-14(12-24)2-4-19/h1-4,9-11,18,20,28H,5-8,13H2,(H2,25,26,29). The highest BCUT2D eigenvalue weighted by atomic mass is 35.5. The Balaban J connectivity index is 1.43. The number of amides is 2. The number of halogens is 2. The van der Waals surface area contributed by atoms with Crippen LogP contribution in [0.2, 0.25) is 10.0 Å². The van der Waals surface area contributed by atoms with Gasteiger partial charge in [-0.1, -0.05) is 23.2 Å². The first-order chi connectivity index (χ1) is 13.9. The summed E-state index contributed by atoms with van der Waals surface area (Å²) in [6, 6.07) is 14.2. The number of carbonyl (C=O) groups excluding carboxylic acids is 1. The van der Waals surface area contributed by atoms with Gasteiger partial charge in [-0.25, -0.2) is 4.79 Å². The lowest BCUT2D eigenvalue weighted by molar-refractivity contribution is 0.172. The zero-order valence-corrected chi connectivity index (χ0v) is 17.2. The van der Waals surface area contributed by atoms with E-state index in [0.29, 0.717) is 21.2 Å². The minimum atomic E-state index is -0.893. The molecule has 0 aromatic heterocycles. The van der Waals surface area contributed by atoms with Crippen LogP contribution >= 0.6 is 23.2 Å². The van der Waals surface area contributed by atoms with Gasteiger partial charge in [0.1, 0.15) is 0 Å². The first-order valence-electron chi connectivity index (χ1n) is 9.38. The molecule has 2 amide bonds. The Morgan fingerprint density at radius 2 is 1.79 bits per heavy atom. The van der Waals surface area contributed by atoms with Crippen molar-refractivity contribution in [1.82, 2.24) is 10.6 Å². The van der Waals surface area contributed by atoms with Crippen LogP contribution < -0.4 is 15.5 Å². The topological polar surface area (TPSA) is 88.4 Å². The lowest BCUT2D eigenvalue weighted by atomic mass is 10.0. The van der Waals surface area contributed by atoms with Crippen LogP contribution in [0, 0.1) is 11.3 Å². The Kier molecular flexibility index (Phi) is 7.21. The first kappa shape index (κ1) is 21.3. The van der Waals surface area contributed by atoms with E-state index in [4.69, 9.17) is 28.5 Å². The van der Waals surface area contributed by atoms with Crippen LogP contribution in [0.25, 0.3) is 0 Å². The third-order valence-corrected chi connectivity index (χ3v) is 5.35. The number of carbonyl (C=O) groups is 1. The van der Waals surface area contributed by atoms with Crippen LogP contribution in [-0.4, -0.2) is 36.8 Å². The summed E-state index contributed by atoms with van der Waals surface area (Å²) in [5.74, 6) is 0. The minimum absolute atomic E-state index is 0.0621. The van der Waals surface area contributed by atoms with Gasteiger partial charge in [0.15, 0.2) is 0 Å². The highest BCUT2D eigenvalue weighted by Crippen LogP contribution is 2.23. The van der Waals surface area contributed by atoms with Gasteiger partial charge in [-0.15, -0.1) is 0 Å². The van der Waals surface area contributed by atoms with E-state index in [1.807, 2.05) is 24.3 Å². The number of nitrogens with one attached hydrogen (secondary N) is 2. The summed E-state index contributed by atoms with van der Waals surface area (Å²) in [5.41, 5.74) is 2.28. The Hall–Kier alpha value is -2.46. The number of benzene rings is 2. The van der Waals surface area contributed by atoms with Crippen molar-refractivity contribution < 1.29 is 9.90 Å². The van der Waals surface area contributed by atoms with Crippen LogP contribution in [0.5, 0.6) is 0 Å². The fraction of sp³-hybridized carbons (Fsp3) is 0.333. The molecule has 29 heavy (non-hydrogen) atoms. The van der Waals surface area contributed by atoms with Crippen molar-refractivity contribution in [1.29, 1.82) is 5.26 Å². The van der Waals surface area contributed by atoms with Crippen LogP contribution in [0.15, 0.2) is 42.5 Å². The van der Waals surface area contributed by atoms with Gasteiger partial charge < -0.3 is 20.6 Å². The molecule has 2 aromatic carbocycles. The highest BCUT2D eigenvalue weighted by Gasteiger charge is 2.21. The molecule has 6 nitrogen and oxygen atoms in total. The molecular weight excluding hydrogens is 411 g/mol. The number of piperidine rings is 1. The molecule has 3 rings (SSSR count). The summed E-state index contributed by atoms with van der Waals surface area (Å²) in [4.78, 5) is 14.4. The molecule has 1 aliphatic rings. The molecule has 1 heterocycles. The average Bonchev–Trinajstić information content (AvgIpc) is 2.72. The molecule has 1 fully saturated rings. The molecule has 152 valence electrons. The van der Waals surface area contributed by atoms with E-state index < -0.39 is 6.10 Å². The van der Waals surface area contributed by atoms with Crippen molar-refractivity contribution in [3.8, 4) is 6.07 Å². The maximum atomic E-state index is 12.2. The van der Waals surface area contributed by atoms with Gasteiger partial charge in [0.25, 0.3) is 0 Å². The summed E-state index contributed by atoms with van der Waals surface area (Å²) in [7, 11) is 0. The average molecular weight is 433 g/mol. The molecule has 8 heteroatoms. The van der Waals surface area contributed by atoms with E-state index in [1.165, 1.54) is 0 Å². The van der Waals surface area contributed by atoms with Crippen LogP contribution in [0.4, 0.5) is 10.5 Å². The smallest absolute Gasteiger partial charge is 0.315 e. The summed E-state index contributed by atoms with van der Waals surface area (Å²) in [6.45, 7) is 1.70. The summed E-state index contributed by atoms with van der Waals surface area (Å²) >= 11 is 11.9. The van der Waals surface area contributed by atoms with Crippen molar-refractivity contribution in [2.24, 2.45) is 0 Å². The van der Waals surface area contributed by atoms with Crippen LogP contribution in [0.1, 0.15) is 30.1 Å². The lowest BCUT2D eigenvalue weighted by Gasteiger charge is -2.34. The largest absolute Gasteiger partial charge is 0.387 e. The number of nitriles is 1. The number of rotatable bonds is 5. The monoisotopic (exact) mass is 432 g/mol. The number of aliphatic hydroxyl groups is 1. The zero-order chi connectivity index (χ0) is 20.8. The van der Waals surface area contributed by atoms with E-state index in [-0.39, 0.29) is 18.6 Å². The van der Waals surface area contributed by atoms with Crippen molar-refractivity contribution in [2.45, 2.75) is 25.0 Å². The second-order valence-corrected chi connectivity index (χ2v) is 7.87. The van der Waals surface area contributed by atoms with E-state index in [0.717, 1.165) is 31.6 Å². The van der Waals surface area contributed by atoms with E-state index in [1.54, 1.807) is 18.2 Å². The molecule has 0 radical (unpaired) electrons. The third-order valence-electron chi connectivity index (χ3n) is 4.92. The maximum absolute atomic E-state index is 12.2. The molecule has 1 aliphatic heterocycles. The predicted molar refractivity (Wildman–Crippen MR) is 114 cm³/mol. The van der Waals surface area contributed by atoms with Crippen molar-refractivity contribution in [3.05, 3.63) is 63.6 Å². The Labute approximate surface area is 180 Å². The van der Waals surface area contributed by atoms with Gasteiger partial charge in [-0.3, -0.25) is 0 Å². The zero-order valence-electron chi connectivity index (χ0n) is 15.7. The van der Waals surface area contributed by atoms with Crippen LogP contribution in [-0.2, 0) is 0 Å². The molecular formula is C21H22Cl2N4O2. The number of nitrogens with zero attached hydrogens (tertiary/aromatic N) is 2. The second kappa shape index (κ2) is 9.84. The molecule has 0 saturated carbocycles. The van der Waals surface area contributed by atoms with Gasteiger partial charge in [0.2, 0.25) is 0 Å². The third kappa shape index (κ3) is 6.01. The van der Waals surface area contributed by atoms with E-state index in [2.05, 4.69) is 21.6 Å². The fourth-order valence-electron chi connectivity index (χ4n) is 3.34. The van der Waals surface area contributed by atoms with Gasteiger partial charge >= 0.3 is 6.03 Å². The Morgan fingerprint density at radius 3 is 2.38 bits per heavy atom. The lowest BCUT2D eigenvalue weighted by Crippen LogP contribution is -2.48. The summed E-state index contributed by atoms with van der Waals surface area (Å²) < 4.78 is 0. The molecule has 0 bridgehead atoms. The second-order valence-electron chi connectivity index (χ2n) is 6.99. The van der Waals surface area contributed by atoms with Crippen LogP contribution in [0.3, 0.4) is 0 Å². The molecule has 1 unspecified atom stereocenters. The van der Waals surface area contributed by atoms with E-state index >= 15 is 0 Å². The van der Waals surface area contributed by atoms with Crippen molar-refractivity contribution >= 4 is 34.9 Å². The molecule has 2 aromatic rings. The number of hydrogen-bond acceptors (Lipinski definition) is 4. The summed E-state index contributed by atoms with van der Waals surface area (Å²) in [5, 5.41) is 25.6. The quantitative estimate of drug-likeness (QED) is 0.668. The number of anilines is 1. The molecule has 3 N–H and O–H groups in total. The highest BCUT2D eigenvalue weighted by molar-refractivity contribution is 6.34. The van der Waals surface area contributed by atoms with Gasteiger partial charge in [-0.05, 0) is 60.9 Å². The van der Waals surface area contributed by atoms with Crippen molar-refractivity contribution in [2.75, 3.05) is 24.5 Å². The SMILES string of the molecule is N#Cc1ccc(N2CCC(NC(=O)NCC(O)c3cc(Cl)cc(Cl)c3)CC2)cc1. The van der Waals surface area contributed by atoms with Gasteiger partial charge in [0.05, 0.1) is 17.7 Å². The maximum Gasteiger partial charge on any atom is 0.315 e. The summed E-state index contributed by atoms with van der Waals surface area (Å²) in [6.07, 6.45) is 0.745. The molecule has 1 atom stereocenters. The normalized spacial score (nSPS) is 15.4. The predicted octanol–water partition coefficient (Wildman–Crippen LogP) is 3.87. The Morgan fingerprint density at radius 1 is 1.17 bits per heavy atom. The number of urea groups is 1. The van der Waals surface area contributed by atoms with Crippen molar-refractivity contribution in [3.63, 3.8) is 0 Å². The van der Waals surface area contributed by atoms with Gasteiger partial charge in [0, 0.05) is 41.4 Å². The molecule has 0 spiro atoms. The number of aliphatic hydroxyl groups excluding tert-OH is 1. The fourth-order valence-corrected chi connectivity index (χ4v) is 3.88. The number of hydrogen-bond donors (Lipinski definition) is 3. The minimum Gasteiger partial charge on any atom is -0.387 e. The van der Waals surface area contributed by atoms with E-state index in [9.17, 15) is 9.90 Å². The Bertz CT molecular complexity index is 870. The van der Waals surface area contributed by atoms with Gasteiger partial charge in [-0.2, -0.15) is 5.26 Å². The first-order valence-corrected chi connectivity index (χ1v) is 10.1.